The van der Waals surface area contributed by atoms with Gasteiger partial charge < -0.3 is 10.2 Å². The predicted molar refractivity (Wildman–Crippen MR) is 81.0 cm³/mol. The maximum Gasteiger partial charge on any atom is 0.249 e. The second-order valence-corrected chi connectivity index (χ2v) is 5.40. The maximum absolute atomic E-state index is 5.98. The van der Waals surface area contributed by atoms with Gasteiger partial charge in [-0.2, -0.15) is 10.1 Å². The summed E-state index contributed by atoms with van der Waals surface area (Å²) in [5, 5.41) is 12.1. The third-order valence-electron chi connectivity index (χ3n) is 3.15. The van der Waals surface area contributed by atoms with Crippen LogP contribution in [0.5, 0.6) is 0 Å². The molecule has 5 nitrogen and oxygen atoms in total. The van der Waals surface area contributed by atoms with Gasteiger partial charge in [0.1, 0.15) is 0 Å². The highest BCUT2D eigenvalue weighted by molar-refractivity contribution is 6.42. The fourth-order valence-electron chi connectivity index (χ4n) is 2.15. The maximum atomic E-state index is 5.98. The van der Waals surface area contributed by atoms with Crippen LogP contribution < -0.4 is 10.2 Å². The minimum atomic E-state index is 0.452. The van der Waals surface area contributed by atoms with E-state index in [2.05, 4.69) is 25.4 Å². The lowest BCUT2D eigenvalue weighted by Gasteiger charge is -2.16. The van der Waals surface area contributed by atoms with Gasteiger partial charge in [0.05, 0.1) is 16.2 Å². The lowest BCUT2D eigenvalue weighted by atomic mass is 10.3. The average molecular weight is 310 g/mol. The van der Waals surface area contributed by atoms with Gasteiger partial charge in [-0.3, -0.25) is 0 Å². The summed E-state index contributed by atoms with van der Waals surface area (Å²) in [6.45, 7) is 2.04. The van der Waals surface area contributed by atoms with Crippen molar-refractivity contribution in [1.29, 1.82) is 0 Å². The molecular formula is C13H13Cl2N5. The van der Waals surface area contributed by atoms with Crippen LogP contribution in [0.4, 0.5) is 17.5 Å². The number of aromatic nitrogens is 3. The summed E-state index contributed by atoms with van der Waals surface area (Å²) in [5.41, 5.74) is 0.778. The number of anilines is 3. The van der Waals surface area contributed by atoms with Crippen molar-refractivity contribution in [3.8, 4) is 0 Å². The molecule has 0 unspecified atom stereocenters. The summed E-state index contributed by atoms with van der Waals surface area (Å²) in [6.07, 6.45) is 4.07. The molecule has 0 radical (unpaired) electrons. The molecule has 0 bridgehead atoms. The van der Waals surface area contributed by atoms with Gasteiger partial charge >= 0.3 is 0 Å². The molecule has 0 saturated carbocycles. The van der Waals surface area contributed by atoms with Crippen LogP contribution in [0, 0.1) is 0 Å². The van der Waals surface area contributed by atoms with Crippen LogP contribution in [-0.2, 0) is 0 Å². The molecule has 3 rings (SSSR count). The smallest absolute Gasteiger partial charge is 0.249 e. The Bertz CT molecular complexity index is 613. The summed E-state index contributed by atoms with van der Waals surface area (Å²) >= 11 is 11.9. The molecule has 1 aromatic heterocycles. The summed E-state index contributed by atoms with van der Waals surface area (Å²) in [6, 6.07) is 5.28. The van der Waals surface area contributed by atoms with Crippen LogP contribution in [0.15, 0.2) is 24.4 Å². The molecule has 0 spiro atoms. The van der Waals surface area contributed by atoms with E-state index in [4.69, 9.17) is 23.2 Å². The highest BCUT2D eigenvalue weighted by atomic mass is 35.5. The van der Waals surface area contributed by atoms with Crippen molar-refractivity contribution in [1.82, 2.24) is 15.2 Å². The standard InChI is InChI=1S/C13H13Cl2N5/c14-10-4-3-9(7-11(10)15)17-13-18-12(8-16-19-13)20-5-1-2-6-20/h3-4,7-8H,1-2,5-6H2,(H,17,18,19). The van der Waals surface area contributed by atoms with Gasteiger partial charge in [-0.15, -0.1) is 5.10 Å². The number of halogens is 2. The van der Waals surface area contributed by atoms with E-state index in [-0.39, 0.29) is 0 Å². The second kappa shape index (κ2) is 5.81. The van der Waals surface area contributed by atoms with Gasteiger partial charge in [-0.05, 0) is 31.0 Å². The van der Waals surface area contributed by atoms with Crippen molar-refractivity contribution < 1.29 is 0 Å². The highest BCUT2D eigenvalue weighted by Crippen LogP contribution is 2.26. The van der Waals surface area contributed by atoms with Crippen molar-refractivity contribution in [3.05, 3.63) is 34.4 Å². The summed E-state index contributed by atoms with van der Waals surface area (Å²) in [7, 11) is 0. The van der Waals surface area contributed by atoms with E-state index in [0.29, 0.717) is 16.0 Å². The first-order valence-electron chi connectivity index (χ1n) is 6.39. The molecule has 1 fully saturated rings. The number of nitrogens with one attached hydrogen (secondary N) is 1. The first-order valence-corrected chi connectivity index (χ1v) is 7.15. The normalized spacial score (nSPS) is 14.6. The summed E-state index contributed by atoms with van der Waals surface area (Å²) < 4.78 is 0. The van der Waals surface area contributed by atoms with Crippen LogP contribution in [-0.4, -0.2) is 28.3 Å². The molecule has 2 heterocycles. The van der Waals surface area contributed by atoms with Gasteiger partial charge in [-0.25, -0.2) is 0 Å². The first-order chi connectivity index (χ1) is 9.72. The Kier molecular flexibility index (Phi) is 3.89. The zero-order valence-electron chi connectivity index (χ0n) is 10.7. The van der Waals surface area contributed by atoms with E-state index in [1.807, 2.05) is 6.07 Å². The Morgan fingerprint density at radius 3 is 2.65 bits per heavy atom. The third kappa shape index (κ3) is 2.94. The van der Waals surface area contributed by atoms with Gasteiger partial charge in [-0.1, -0.05) is 23.2 Å². The van der Waals surface area contributed by atoms with E-state index in [9.17, 15) is 0 Å². The van der Waals surface area contributed by atoms with E-state index in [1.165, 1.54) is 12.8 Å². The lowest BCUT2D eigenvalue weighted by Crippen LogP contribution is -2.19. The highest BCUT2D eigenvalue weighted by Gasteiger charge is 2.14. The van der Waals surface area contributed by atoms with E-state index >= 15 is 0 Å². The molecule has 7 heteroatoms. The van der Waals surface area contributed by atoms with E-state index in [1.54, 1.807) is 18.3 Å². The quantitative estimate of drug-likeness (QED) is 0.940. The first kappa shape index (κ1) is 13.4. The number of hydrogen-bond donors (Lipinski definition) is 1. The molecule has 104 valence electrons. The van der Waals surface area contributed by atoms with Gasteiger partial charge in [0.25, 0.3) is 0 Å². The molecule has 20 heavy (non-hydrogen) atoms. The number of rotatable bonds is 3. The number of benzene rings is 1. The average Bonchev–Trinajstić information content (AvgIpc) is 2.97. The minimum Gasteiger partial charge on any atom is -0.355 e. The second-order valence-electron chi connectivity index (χ2n) is 4.59. The van der Waals surface area contributed by atoms with E-state index < -0.39 is 0 Å². The fourth-order valence-corrected chi connectivity index (χ4v) is 2.45. The van der Waals surface area contributed by atoms with E-state index in [0.717, 1.165) is 24.6 Å². The lowest BCUT2D eigenvalue weighted by molar-refractivity contribution is 0.890. The molecule has 1 aliphatic rings. The van der Waals surface area contributed by atoms with Crippen molar-refractivity contribution in [2.75, 3.05) is 23.3 Å². The summed E-state index contributed by atoms with van der Waals surface area (Å²) in [5.74, 6) is 1.30. The molecule has 2 aromatic rings. The van der Waals surface area contributed by atoms with Crippen LogP contribution in [0.3, 0.4) is 0 Å². The van der Waals surface area contributed by atoms with Crippen LogP contribution in [0.25, 0.3) is 0 Å². The Labute approximate surface area is 126 Å². The van der Waals surface area contributed by atoms with Crippen molar-refractivity contribution in [3.63, 3.8) is 0 Å². The van der Waals surface area contributed by atoms with Gasteiger partial charge in [0, 0.05) is 18.8 Å². The zero-order chi connectivity index (χ0) is 13.9. The fraction of sp³-hybridized carbons (Fsp3) is 0.308. The molecule has 1 aliphatic heterocycles. The summed E-state index contributed by atoms with van der Waals surface area (Å²) in [4.78, 5) is 6.67. The molecular weight excluding hydrogens is 297 g/mol. The molecule has 1 aromatic carbocycles. The van der Waals surface area contributed by atoms with Crippen molar-refractivity contribution in [2.24, 2.45) is 0 Å². The van der Waals surface area contributed by atoms with Gasteiger partial charge in [0.15, 0.2) is 5.82 Å². The third-order valence-corrected chi connectivity index (χ3v) is 3.89. The van der Waals surface area contributed by atoms with Crippen molar-refractivity contribution in [2.45, 2.75) is 12.8 Å². The number of nitrogens with zero attached hydrogens (tertiary/aromatic N) is 4. The molecule has 0 aliphatic carbocycles. The predicted octanol–water partition coefficient (Wildman–Crippen LogP) is 3.52. The van der Waals surface area contributed by atoms with Crippen molar-refractivity contribution >= 4 is 40.7 Å². The topological polar surface area (TPSA) is 53.9 Å². The molecule has 1 N–H and O–H groups in total. The Morgan fingerprint density at radius 1 is 1.10 bits per heavy atom. The SMILES string of the molecule is Clc1ccc(Nc2nncc(N3CCCC3)n2)cc1Cl. The van der Waals surface area contributed by atoms with Crippen LogP contribution in [0.2, 0.25) is 10.0 Å². The minimum absolute atomic E-state index is 0.452. The van der Waals surface area contributed by atoms with Gasteiger partial charge in [0.2, 0.25) is 5.95 Å². The molecule has 0 atom stereocenters. The van der Waals surface area contributed by atoms with Crippen LogP contribution in [0.1, 0.15) is 12.8 Å². The number of hydrogen-bond acceptors (Lipinski definition) is 5. The Morgan fingerprint density at radius 2 is 1.90 bits per heavy atom. The molecule has 1 saturated heterocycles. The zero-order valence-corrected chi connectivity index (χ0v) is 12.2. The molecule has 0 amide bonds. The largest absolute Gasteiger partial charge is 0.355 e. The Hall–Kier alpha value is -1.59. The monoisotopic (exact) mass is 309 g/mol. The Balaban J connectivity index is 1.79. The van der Waals surface area contributed by atoms with Crippen LogP contribution >= 0.6 is 23.2 Å².